The molecule has 0 amide bonds. The predicted molar refractivity (Wildman–Crippen MR) is 74.0 cm³/mol. The molecule has 0 aromatic heterocycles. The number of nitrogens with two attached hydrogens (primary N) is 1. The van der Waals surface area contributed by atoms with Crippen LogP contribution in [0.4, 0.5) is 0 Å². The van der Waals surface area contributed by atoms with Crippen molar-refractivity contribution in [3.05, 3.63) is 34.3 Å². The lowest BCUT2D eigenvalue weighted by Gasteiger charge is -2.14. The van der Waals surface area contributed by atoms with Crippen molar-refractivity contribution in [1.29, 1.82) is 0 Å². The molecule has 0 radical (unpaired) electrons. The van der Waals surface area contributed by atoms with Crippen LogP contribution >= 0.6 is 15.9 Å². The van der Waals surface area contributed by atoms with E-state index in [0.717, 1.165) is 30.3 Å². The topological polar surface area (TPSA) is 35.2 Å². The fourth-order valence-electron chi connectivity index (χ4n) is 2.30. The van der Waals surface area contributed by atoms with Crippen molar-refractivity contribution in [1.82, 2.24) is 0 Å². The number of benzene rings is 1. The maximum absolute atomic E-state index is 6.15. The molecule has 2 nitrogen and oxygen atoms in total. The van der Waals surface area contributed by atoms with Crippen molar-refractivity contribution in [3.63, 3.8) is 0 Å². The average molecular weight is 298 g/mol. The SMILES string of the molecule is NC(CCC1CCCO1)Cc1ccc(Br)cc1. The Bertz CT molecular complexity index is 333. The summed E-state index contributed by atoms with van der Waals surface area (Å²) in [5, 5.41) is 0. The van der Waals surface area contributed by atoms with Crippen LogP contribution in [0, 0.1) is 0 Å². The van der Waals surface area contributed by atoms with Gasteiger partial charge in [-0.05, 0) is 49.8 Å². The molecule has 17 heavy (non-hydrogen) atoms. The van der Waals surface area contributed by atoms with Crippen LogP contribution in [0.3, 0.4) is 0 Å². The van der Waals surface area contributed by atoms with Gasteiger partial charge >= 0.3 is 0 Å². The Labute approximate surface area is 112 Å². The molecule has 0 saturated carbocycles. The third kappa shape index (κ3) is 4.41. The van der Waals surface area contributed by atoms with Crippen LogP contribution in [0.5, 0.6) is 0 Å². The van der Waals surface area contributed by atoms with Gasteiger partial charge in [0.1, 0.15) is 0 Å². The molecule has 1 fully saturated rings. The number of hydrogen-bond donors (Lipinski definition) is 1. The van der Waals surface area contributed by atoms with Crippen molar-refractivity contribution >= 4 is 15.9 Å². The van der Waals surface area contributed by atoms with E-state index in [0.29, 0.717) is 6.10 Å². The molecule has 1 aliphatic heterocycles. The molecule has 2 rings (SSSR count). The van der Waals surface area contributed by atoms with Crippen LogP contribution in [0.1, 0.15) is 31.2 Å². The fourth-order valence-corrected chi connectivity index (χ4v) is 2.56. The minimum atomic E-state index is 0.250. The minimum absolute atomic E-state index is 0.250. The second-order valence-corrected chi connectivity index (χ2v) is 5.72. The van der Waals surface area contributed by atoms with Crippen molar-refractivity contribution < 1.29 is 4.74 Å². The Morgan fingerprint density at radius 3 is 2.76 bits per heavy atom. The number of rotatable bonds is 5. The standard InChI is InChI=1S/C14H20BrNO/c15-12-5-3-11(4-6-12)10-13(16)7-8-14-2-1-9-17-14/h3-6,13-14H,1-2,7-10,16H2. The Morgan fingerprint density at radius 1 is 1.35 bits per heavy atom. The van der Waals surface area contributed by atoms with Gasteiger partial charge in [-0.1, -0.05) is 28.1 Å². The zero-order valence-corrected chi connectivity index (χ0v) is 11.7. The monoisotopic (exact) mass is 297 g/mol. The first-order chi connectivity index (χ1) is 8.24. The summed E-state index contributed by atoms with van der Waals surface area (Å²) in [6.45, 7) is 0.937. The van der Waals surface area contributed by atoms with Crippen LogP contribution in [0.2, 0.25) is 0 Å². The van der Waals surface area contributed by atoms with E-state index < -0.39 is 0 Å². The zero-order chi connectivity index (χ0) is 12.1. The van der Waals surface area contributed by atoms with E-state index in [1.54, 1.807) is 0 Å². The van der Waals surface area contributed by atoms with Crippen molar-refractivity contribution in [2.45, 2.75) is 44.2 Å². The van der Waals surface area contributed by atoms with Crippen LogP contribution < -0.4 is 5.73 Å². The lowest BCUT2D eigenvalue weighted by molar-refractivity contribution is 0.101. The lowest BCUT2D eigenvalue weighted by atomic mass is 10.0. The van der Waals surface area contributed by atoms with Crippen molar-refractivity contribution in [3.8, 4) is 0 Å². The molecule has 1 saturated heterocycles. The molecule has 0 bridgehead atoms. The van der Waals surface area contributed by atoms with Gasteiger partial charge in [0.25, 0.3) is 0 Å². The van der Waals surface area contributed by atoms with Gasteiger partial charge in [0.05, 0.1) is 6.10 Å². The highest BCUT2D eigenvalue weighted by molar-refractivity contribution is 9.10. The summed E-state index contributed by atoms with van der Waals surface area (Å²) in [6, 6.07) is 8.66. The predicted octanol–water partition coefficient (Wildman–Crippen LogP) is 3.28. The lowest BCUT2D eigenvalue weighted by Crippen LogP contribution is -2.24. The number of hydrogen-bond acceptors (Lipinski definition) is 2. The number of ether oxygens (including phenoxy) is 1. The molecule has 0 spiro atoms. The van der Waals surface area contributed by atoms with E-state index in [-0.39, 0.29) is 6.04 Å². The van der Waals surface area contributed by atoms with Crippen LogP contribution in [-0.2, 0) is 11.2 Å². The molecule has 2 atom stereocenters. The van der Waals surface area contributed by atoms with Gasteiger partial charge < -0.3 is 10.5 Å². The molecular formula is C14H20BrNO. The Hall–Kier alpha value is -0.380. The van der Waals surface area contributed by atoms with E-state index in [9.17, 15) is 0 Å². The molecule has 3 heteroatoms. The highest BCUT2D eigenvalue weighted by Gasteiger charge is 2.16. The molecule has 1 aliphatic rings. The van der Waals surface area contributed by atoms with Gasteiger partial charge in [-0.15, -0.1) is 0 Å². The maximum atomic E-state index is 6.15. The molecular weight excluding hydrogens is 278 g/mol. The first-order valence-corrected chi connectivity index (χ1v) is 7.15. The van der Waals surface area contributed by atoms with E-state index >= 15 is 0 Å². The highest BCUT2D eigenvalue weighted by Crippen LogP contribution is 2.18. The van der Waals surface area contributed by atoms with E-state index in [1.807, 2.05) is 0 Å². The van der Waals surface area contributed by atoms with Crippen molar-refractivity contribution in [2.24, 2.45) is 5.73 Å². The largest absolute Gasteiger partial charge is 0.378 e. The summed E-state index contributed by atoms with van der Waals surface area (Å²) >= 11 is 3.44. The van der Waals surface area contributed by atoms with Gasteiger partial charge in [0, 0.05) is 17.1 Å². The summed E-state index contributed by atoms with van der Waals surface area (Å²) in [5.74, 6) is 0. The van der Waals surface area contributed by atoms with Crippen molar-refractivity contribution in [2.75, 3.05) is 6.61 Å². The quantitative estimate of drug-likeness (QED) is 0.905. The summed E-state index contributed by atoms with van der Waals surface area (Å²) in [5.41, 5.74) is 7.47. The third-order valence-electron chi connectivity index (χ3n) is 3.29. The Morgan fingerprint density at radius 2 is 2.12 bits per heavy atom. The molecule has 2 N–H and O–H groups in total. The second-order valence-electron chi connectivity index (χ2n) is 4.80. The molecule has 1 aromatic carbocycles. The average Bonchev–Trinajstić information content (AvgIpc) is 2.83. The fraction of sp³-hybridized carbons (Fsp3) is 0.571. The Kier molecular flexibility index (Phi) is 5.01. The molecule has 2 unspecified atom stereocenters. The Balaban J connectivity index is 1.72. The summed E-state index contributed by atoms with van der Waals surface area (Å²) in [4.78, 5) is 0. The third-order valence-corrected chi connectivity index (χ3v) is 3.82. The van der Waals surface area contributed by atoms with Crippen LogP contribution in [-0.4, -0.2) is 18.8 Å². The normalized spacial score (nSPS) is 21.6. The van der Waals surface area contributed by atoms with Crippen LogP contribution in [0.25, 0.3) is 0 Å². The summed E-state index contributed by atoms with van der Waals surface area (Å²) in [7, 11) is 0. The first kappa shape index (κ1) is 13.1. The van der Waals surface area contributed by atoms with E-state index in [1.165, 1.54) is 18.4 Å². The van der Waals surface area contributed by atoms with Crippen LogP contribution in [0.15, 0.2) is 28.7 Å². The van der Waals surface area contributed by atoms with Gasteiger partial charge in [-0.3, -0.25) is 0 Å². The van der Waals surface area contributed by atoms with E-state index in [4.69, 9.17) is 10.5 Å². The smallest absolute Gasteiger partial charge is 0.0576 e. The molecule has 1 aromatic rings. The van der Waals surface area contributed by atoms with Gasteiger partial charge in [0.2, 0.25) is 0 Å². The van der Waals surface area contributed by atoms with Gasteiger partial charge in [0.15, 0.2) is 0 Å². The minimum Gasteiger partial charge on any atom is -0.378 e. The van der Waals surface area contributed by atoms with Gasteiger partial charge in [-0.25, -0.2) is 0 Å². The number of halogens is 1. The second kappa shape index (κ2) is 6.53. The molecule has 1 heterocycles. The highest BCUT2D eigenvalue weighted by atomic mass is 79.9. The molecule has 0 aliphatic carbocycles. The zero-order valence-electron chi connectivity index (χ0n) is 10.1. The first-order valence-electron chi connectivity index (χ1n) is 6.35. The molecule has 94 valence electrons. The maximum Gasteiger partial charge on any atom is 0.0576 e. The van der Waals surface area contributed by atoms with E-state index in [2.05, 4.69) is 40.2 Å². The summed E-state index contributed by atoms with van der Waals surface area (Å²) < 4.78 is 6.73. The van der Waals surface area contributed by atoms with Gasteiger partial charge in [-0.2, -0.15) is 0 Å². The summed E-state index contributed by atoms with van der Waals surface area (Å²) in [6.07, 6.45) is 6.02.